The maximum atomic E-state index is 12.2. The van der Waals surface area contributed by atoms with Crippen molar-refractivity contribution in [1.82, 2.24) is 4.31 Å². The quantitative estimate of drug-likeness (QED) is 0.828. The van der Waals surface area contributed by atoms with Gasteiger partial charge >= 0.3 is 0 Å². The van der Waals surface area contributed by atoms with Gasteiger partial charge in [0.1, 0.15) is 0 Å². The molecule has 2 rings (SSSR count). The molecule has 1 heterocycles. The third kappa shape index (κ3) is 4.78. The minimum absolute atomic E-state index is 0.0241. The van der Waals surface area contributed by atoms with Gasteiger partial charge in [0.2, 0.25) is 10.0 Å². The summed E-state index contributed by atoms with van der Waals surface area (Å²) in [6, 6.07) is 9.66. The molecule has 118 valence electrons. The van der Waals surface area contributed by atoms with Crippen LogP contribution in [0.4, 0.5) is 0 Å². The summed E-state index contributed by atoms with van der Waals surface area (Å²) in [5.74, 6) is 0.0241. The van der Waals surface area contributed by atoms with Crippen molar-refractivity contribution in [2.75, 3.05) is 32.0 Å². The number of nitrogens with zero attached hydrogens (tertiary/aromatic N) is 1. The largest absolute Gasteiger partial charge is 0.371 e. The molecule has 0 amide bonds. The molecule has 1 aliphatic rings. The van der Waals surface area contributed by atoms with Crippen LogP contribution in [0.1, 0.15) is 30.9 Å². The van der Waals surface area contributed by atoms with E-state index in [2.05, 4.69) is 0 Å². The molecular weight excluding hydrogens is 288 g/mol. The summed E-state index contributed by atoms with van der Waals surface area (Å²) in [6.45, 7) is 1.80. The number of rotatable bonds is 7. The van der Waals surface area contributed by atoms with Crippen LogP contribution < -0.4 is 5.73 Å². The lowest BCUT2D eigenvalue weighted by atomic mass is 10.1. The number of hydrogen-bond donors (Lipinski definition) is 1. The Balaban J connectivity index is 1.84. The Labute approximate surface area is 127 Å². The molecule has 1 fully saturated rings. The van der Waals surface area contributed by atoms with E-state index < -0.39 is 10.0 Å². The van der Waals surface area contributed by atoms with Crippen molar-refractivity contribution in [1.29, 1.82) is 0 Å². The van der Waals surface area contributed by atoms with Crippen molar-refractivity contribution in [2.24, 2.45) is 5.73 Å². The second-order valence-corrected chi connectivity index (χ2v) is 7.37. The zero-order chi connectivity index (χ0) is 15.1. The Hall–Kier alpha value is -0.950. The number of sulfonamides is 1. The van der Waals surface area contributed by atoms with Crippen LogP contribution in [0.25, 0.3) is 0 Å². The van der Waals surface area contributed by atoms with Crippen LogP contribution in [0.2, 0.25) is 0 Å². The van der Waals surface area contributed by atoms with Gasteiger partial charge in [-0.2, -0.15) is 0 Å². The van der Waals surface area contributed by atoms with Gasteiger partial charge in [-0.3, -0.25) is 0 Å². The van der Waals surface area contributed by atoms with E-state index in [1.807, 2.05) is 30.3 Å². The lowest BCUT2D eigenvalue weighted by molar-refractivity contribution is 0.0695. The Morgan fingerprint density at radius 1 is 1.14 bits per heavy atom. The average Bonchev–Trinajstić information content (AvgIpc) is 2.53. The maximum Gasteiger partial charge on any atom is 0.216 e. The van der Waals surface area contributed by atoms with Gasteiger partial charge in [-0.05, 0) is 18.4 Å². The van der Waals surface area contributed by atoms with Gasteiger partial charge in [0.25, 0.3) is 0 Å². The number of hydrogen-bond acceptors (Lipinski definition) is 4. The average molecular weight is 312 g/mol. The van der Waals surface area contributed by atoms with Gasteiger partial charge in [0, 0.05) is 19.6 Å². The minimum Gasteiger partial charge on any atom is -0.371 e. The predicted octanol–water partition coefficient (Wildman–Crippen LogP) is 1.52. The molecule has 0 bridgehead atoms. The van der Waals surface area contributed by atoms with Crippen LogP contribution in [-0.4, -0.2) is 44.7 Å². The van der Waals surface area contributed by atoms with Crippen LogP contribution in [0.3, 0.4) is 0 Å². The fourth-order valence-corrected chi connectivity index (χ4v) is 3.92. The highest BCUT2D eigenvalue weighted by Gasteiger charge is 2.24. The minimum atomic E-state index is -3.20. The first kappa shape index (κ1) is 16.4. The highest BCUT2D eigenvalue weighted by molar-refractivity contribution is 7.89. The molecule has 21 heavy (non-hydrogen) atoms. The van der Waals surface area contributed by atoms with E-state index in [0.717, 1.165) is 24.8 Å². The van der Waals surface area contributed by atoms with Crippen LogP contribution >= 0.6 is 0 Å². The standard InChI is InChI=1S/C15H24N2O3S/c16-13-15(14-7-3-1-4-8-14)20-11-12-21(18,19)17-9-5-2-6-10-17/h1,3-4,7-8,15H,2,5-6,9-13,16H2. The van der Waals surface area contributed by atoms with E-state index >= 15 is 0 Å². The second kappa shape index (κ2) is 7.89. The van der Waals surface area contributed by atoms with E-state index in [4.69, 9.17) is 10.5 Å². The fraction of sp³-hybridized carbons (Fsp3) is 0.600. The smallest absolute Gasteiger partial charge is 0.216 e. The Morgan fingerprint density at radius 3 is 2.43 bits per heavy atom. The van der Waals surface area contributed by atoms with Crippen LogP contribution in [0, 0.1) is 0 Å². The van der Waals surface area contributed by atoms with Gasteiger partial charge in [0.05, 0.1) is 18.5 Å². The molecule has 0 aromatic heterocycles. The van der Waals surface area contributed by atoms with E-state index in [1.54, 1.807) is 4.31 Å². The summed E-state index contributed by atoms with van der Waals surface area (Å²) < 4.78 is 31.7. The van der Waals surface area contributed by atoms with Crippen LogP contribution in [-0.2, 0) is 14.8 Å². The van der Waals surface area contributed by atoms with Gasteiger partial charge in [-0.15, -0.1) is 0 Å². The number of piperidine rings is 1. The molecule has 0 radical (unpaired) electrons. The summed E-state index contributed by atoms with van der Waals surface area (Å²) in [6.07, 6.45) is 2.78. The molecule has 0 saturated carbocycles. The summed E-state index contributed by atoms with van der Waals surface area (Å²) in [5, 5.41) is 0. The highest BCUT2D eigenvalue weighted by atomic mass is 32.2. The third-order valence-electron chi connectivity index (χ3n) is 3.75. The van der Waals surface area contributed by atoms with E-state index in [0.29, 0.717) is 19.6 Å². The van der Waals surface area contributed by atoms with E-state index in [1.165, 1.54) is 0 Å². The Kier molecular flexibility index (Phi) is 6.17. The monoisotopic (exact) mass is 312 g/mol. The lowest BCUT2D eigenvalue weighted by Gasteiger charge is -2.26. The lowest BCUT2D eigenvalue weighted by Crippen LogP contribution is -2.38. The molecule has 1 saturated heterocycles. The summed E-state index contributed by atoms with van der Waals surface area (Å²) in [4.78, 5) is 0. The van der Waals surface area contributed by atoms with Gasteiger partial charge < -0.3 is 10.5 Å². The van der Waals surface area contributed by atoms with Crippen molar-refractivity contribution in [2.45, 2.75) is 25.4 Å². The van der Waals surface area contributed by atoms with Crippen LogP contribution in [0.5, 0.6) is 0 Å². The Morgan fingerprint density at radius 2 is 1.81 bits per heavy atom. The van der Waals surface area contributed by atoms with Gasteiger partial charge in [0.15, 0.2) is 0 Å². The normalized spacial score (nSPS) is 18.5. The Bertz CT molecular complexity index is 513. The van der Waals surface area contributed by atoms with Crippen molar-refractivity contribution >= 4 is 10.0 Å². The summed E-state index contributed by atoms with van der Waals surface area (Å²) >= 11 is 0. The molecular formula is C15H24N2O3S. The van der Waals surface area contributed by atoms with E-state index in [-0.39, 0.29) is 18.5 Å². The fourth-order valence-electron chi connectivity index (χ4n) is 2.54. The molecule has 1 aromatic carbocycles. The molecule has 1 atom stereocenters. The molecule has 5 nitrogen and oxygen atoms in total. The topological polar surface area (TPSA) is 72.6 Å². The molecule has 1 aromatic rings. The number of nitrogens with two attached hydrogens (primary N) is 1. The first-order valence-electron chi connectivity index (χ1n) is 7.48. The highest BCUT2D eigenvalue weighted by Crippen LogP contribution is 2.17. The van der Waals surface area contributed by atoms with Gasteiger partial charge in [-0.25, -0.2) is 12.7 Å². The van der Waals surface area contributed by atoms with E-state index in [9.17, 15) is 8.42 Å². The van der Waals surface area contributed by atoms with Gasteiger partial charge in [-0.1, -0.05) is 36.8 Å². The van der Waals surface area contributed by atoms with Crippen molar-refractivity contribution in [3.05, 3.63) is 35.9 Å². The number of ether oxygens (including phenoxy) is 1. The van der Waals surface area contributed by atoms with Crippen molar-refractivity contribution < 1.29 is 13.2 Å². The predicted molar refractivity (Wildman–Crippen MR) is 83.4 cm³/mol. The van der Waals surface area contributed by atoms with Crippen molar-refractivity contribution in [3.8, 4) is 0 Å². The molecule has 0 aliphatic carbocycles. The zero-order valence-corrected chi connectivity index (χ0v) is 13.1. The first-order chi connectivity index (χ1) is 10.1. The molecule has 6 heteroatoms. The summed E-state index contributed by atoms with van der Waals surface area (Å²) in [7, 11) is -3.20. The first-order valence-corrected chi connectivity index (χ1v) is 9.09. The summed E-state index contributed by atoms with van der Waals surface area (Å²) in [5.41, 5.74) is 6.69. The second-order valence-electron chi connectivity index (χ2n) is 5.28. The molecule has 1 unspecified atom stereocenters. The molecule has 0 spiro atoms. The maximum absolute atomic E-state index is 12.2. The zero-order valence-electron chi connectivity index (χ0n) is 12.3. The van der Waals surface area contributed by atoms with Crippen molar-refractivity contribution in [3.63, 3.8) is 0 Å². The SMILES string of the molecule is NCC(OCCS(=O)(=O)N1CCCCC1)c1ccccc1. The molecule has 2 N–H and O–H groups in total. The number of benzene rings is 1. The molecule has 1 aliphatic heterocycles. The van der Waals surface area contributed by atoms with Crippen LogP contribution in [0.15, 0.2) is 30.3 Å². The third-order valence-corrected chi connectivity index (χ3v) is 5.59.